The van der Waals surface area contributed by atoms with E-state index in [1.165, 1.54) is 12.8 Å². The molecule has 2 fully saturated rings. The number of benzene rings is 1. The minimum absolute atomic E-state index is 0.000270. The van der Waals surface area contributed by atoms with Gasteiger partial charge in [-0.3, -0.25) is 0 Å². The van der Waals surface area contributed by atoms with Gasteiger partial charge >= 0.3 is 6.03 Å². The quantitative estimate of drug-likeness (QED) is 0.916. The minimum atomic E-state index is -0.000270. The van der Waals surface area contributed by atoms with E-state index in [-0.39, 0.29) is 11.4 Å². The molecule has 1 aromatic carbocycles. The van der Waals surface area contributed by atoms with Crippen LogP contribution in [0.15, 0.2) is 24.3 Å². The maximum absolute atomic E-state index is 12.9. The maximum atomic E-state index is 12.9. The Hall–Kier alpha value is -2.44. The predicted molar refractivity (Wildman–Crippen MR) is 99.6 cm³/mol. The Balaban J connectivity index is 1.53. The van der Waals surface area contributed by atoms with E-state index < -0.39 is 0 Å². The summed E-state index contributed by atoms with van der Waals surface area (Å²) in [5.74, 6) is 1.33. The maximum Gasteiger partial charge on any atom is 0.322 e. The van der Waals surface area contributed by atoms with Crippen LogP contribution in [0.2, 0.25) is 0 Å². The van der Waals surface area contributed by atoms with Crippen molar-refractivity contribution in [1.29, 1.82) is 0 Å². The van der Waals surface area contributed by atoms with Gasteiger partial charge in [-0.15, -0.1) is 5.10 Å². The molecule has 1 aliphatic carbocycles. The fraction of sp³-hybridized carbons (Fsp3) is 0.579. The molecule has 2 aliphatic rings. The molecule has 138 valence electrons. The van der Waals surface area contributed by atoms with Gasteiger partial charge in [0, 0.05) is 30.4 Å². The smallest absolute Gasteiger partial charge is 0.321 e. The molecule has 4 rings (SSSR count). The summed E-state index contributed by atoms with van der Waals surface area (Å²) in [4.78, 5) is 15.0. The van der Waals surface area contributed by atoms with E-state index in [2.05, 4.69) is 34.7 Å². The van der Waals surface area contributed by atoms with Crippen LogP contribution in [0.25, 0.3) is 11.4 Å². The second kappa shape index (κ2) is 6.37. The number of urea groups is 1. The number of aromatic nitrogens is 4. The number of tetrazole rings is 1. The van der Waals surface area contributed by atoms with Crippen molar-refractivity contribution in [2.45, 2.75) is 52.6 Å². The van der Waals surface area contributed by atoms with Crippen LogP contribution in [0.5, 0.6) is 0 Å². The van der Waals surface area contributed by atoms with Gasteiger partial charge in [-0.05, 0) is 53.7 Å². The van der Waals surface area contributed by atoms with Crippen LogP contribution in [0.3, 0.4) is 0 Å². The second-order valence-corrected chi connectivity index (χ2v) is 8.05. The van der Waals surface area contributed by atoms with E-state index >= 15 is 0 Å². The number of nitrogens with zero attached hydrogens (tertiary/aromatic N) is 5. The van der Waals surface area contributed by atoms with Crippen molar-refractivity contribution >= 4 is 11.7 Å². The first kappa shape index (κ1) is 17.0. The van der Waals surface area contributed by atoms with Crippen molar-refractivity contribution in [2.75, 3.05) is 11.9 Å². The van der Waals surface area contributed by atoms with Crippen molar-refractivity contribution in [3.05, 3.63) is 24.3 Å². The van der Waals surface area contributed by atoms with Gasteiger partial charge < -0.3 is 10.2 Å². The lowest BCUT2D eigenvalue weighted by molar-refractivity contribution is 0.202. The highest BCUT2D eigenvalue weighted by Gasteiger charge is 2.50. The third-order valence-electron chi connectivity index (χ3n) is 5.93. The highest BCUT2D eigenvalue weighted by molar-refractivity contribution is 5.90. The summed E-state index contributed by atoms with van der Waals surface area (Å²) < 4.78 is 1.74. The summed E-state index contributed by atoms with van der Waals surface area (Å²) in [6.07, 6.45) is 3.57. The third kappa shape index (κ3) is 2.85. The lowest BCUT2D eigenvalue weighted by Gasteiger charge is -2.24. The molecule has 0 bridgehead atoms. The molecule has 7 nitrogen and oxygen atoms in total. The number of aryl methyl sites for hydroxylation is 1. The van der Waals surface area contributed by atoms with Crippen molar-refractivity contribution < 1.29 is 4.79 Å². The summed E-state index contributed by atoms with van der Waals surface area (Å²) in [5, 5.41) is 14.9. The van der Waals surface area contributed by atoms with Crippen molar-refractivity contribution in [3.8, 4) is 11.4 Å². The zero-order valence-corrected chi connectivity index (χ0v) is 15.6. The molecule has 1 N–H and O–H groups in total. The lowest BCUT2D eigenvalue weighted by Crippen LogP contribution is -2.39. The summed E-state index contributed by atoms with van der Waals surface area (Å²) >= 11 is 0. The standard InChI is InChI=1S/C19H26N6O/c1-4-25-17(21-22-23-25)13-7-5-8-14(11-13)20-18(26)24-12-19(2,3)15-9-6-10-16(15)24/h5,7-8,11,15-16H,4,6,9-10,12H2,1-3H3,(H,20,26). The van der Waals surface area contributed by atoms with Crippen LogP contribution in [0.1, 0.15) is 40.0 Å². The molecular weight excluding hydrogens is 328 g/mol. The number of likely N-dealkylation sites (tertiary alicyclic amines) is 1. The largest absolute Gasteiger partial charge is 0.322 e. The molecule has 1 saturated carbocycles. The second-order valence-electron chi connectivity index (χ2n) is 8.05. The molecule has 1 aliphatic heterocycles. The topological polar surface area (TPSA) is 75.9 Å². The molecule has 2 aromatic rings. The van der Waals surface area contributed by atoms with Gasteiger partial charge in [-0.1, -0.05) is 32.4 Å². The Kier molecular flexibility index (Phi) is 4.17. The molecular formula is C19H26N6O. The Morgan fingerprint density at radius 3 is 3.00 bits per heavy atom. The van der Waals surface area contributed by atoms with E-state index in [9.17, 15) is 4.79 Å². The van der Waals surface area contributed by atoms with Crippen LogP contribution >= 0.6 is 0 Å². The fourth-order valence-electron chi connectivity index (χ4n) is 4.68. The molecule has 26 heavy (non-hydrogen) atoms. The Labute approximate surface area is 153 Å². The van der Waals surface area contributed by atoms with Crippen molar-refractivity contribution in [1.82, 2.24) is 25.1 Å². The molecule has 0 radical (unpaired) electrons. The number of hydrogen-bond donors (Lipinski definition) is 1. The van der Waals surface area contributed by atoms with E-state index in [1.807, 2.05) is 36.1 Å². The van der Waals surface area contributed by atoms with Crippen LogP contribution in [-0.2, 0) is 6.54 Å². The molecule has 7 heteroatoms. The van der Waals surface area contributed by atoms with E-state index in [4.69, 9.17) is 0 Å². The van der Waals surface area contributed by atoms with Gasteiger partial charge in [-0.2, -0.15) is 0 Å². The summed E-state index contributed by atoms with van der Waals surface area (Å²) in [7, 11) is 0. The number of hydrogen-bond acceptors (Lipinski definition) is 4. The van der Waals surface area contributed by atoms with Crippen LogP contribution in [0.4, 0.5) is 10.5 Å². The molecule has 1 saturated heterocycles. The molecule has 2 heterocycles. The summed E-state index contributed by atoms with van der Waals surface area (Å²) in [6, 6.07) is 8.10. The average molecular weight is 354 g/mol. The third-order valence-corrected chi connectivity index (χ3v) is 5.93. The van der Waals surface area contributed by atoms with Crippen LogP contribution < -0.4 is 5.32 Å². The highest BCUT2D eigenvalue weighted by atomic mass is 16.2. The Morgan fingerprint density at radius 1 is 1.35 bits per heavy atom. The summed E-state index contributed by atoms with van der Waals surface area (Å²) in [5.41, 5.74) is 1.87. The zero-order chi connectivity index (χ0) is 18.3. The first-order chi connectivity index (χ1) is 12.5. The van der Waals surface area contributed by atoms with E-state index in [0.29, 0.717) is 24.3 Å². The first-order valence-corrected chi connectivity index (χ1v) is 9.44. The average Bonchev–Trinajstić information content (AvgIpc) is 3.32. The van der Waals surface area contributed by atoms with Gasteiger partial charge in [-0.25, -0.2) is 9.48 Å². The monoisotopic (exact) mass is 354 g/mol. The lowest BCUT2D eigenvalue weighted by atomic mass is 9.80. The highest BCUT2D eigenvalue weighted by Crippen LogP contribution is 2.48. The Morgan fingerprint density at radius 2 is 2.19 bits per heavy atom. The number of amides is 2. The molecule has 2 unspecified atom stereocenters. The Bertz CT molecular complexity index is 814. The molecule has 1 aromatic heterocycles. The number of rotatable bonds is 3. The van der Waals surface area contributed by atoms with Crippen molar-refractivity contribution in [3.63, 3.8) is 0 Å². The predicted octanol–water partition coefficient (Wildman–Crippen LogP) is 3.40. The van der Waals surface area contributed by atoms with Gasteiger partial charge in [0.15, 0.2) is 5.82 Å². The molecule has 2 atom stereocenters. The number of carbonyl (C=O) groups excluding carboxylic acids is 1. The van der Waals surface area contributed by atoms with Crippen LogP contribution in [0, 0.1) is 11.3 Å². The number of anilines is 1. The SMILES string of the molecule is CCn1nnnc1-c1cccc(NC(=O)N2CC(C)(C)C3CCCC32)c1. The molecule has 0 spiro atoms. The minimum Gasteiger partial charge on any atom is -0.321 e. The normalized spacial score (nSPS) is 23.9. The summed E-state index contributed by atoms with van der Waals surface area (Å²) in [6.45, 7) is 8.09. The van der Waals surface area contributed by atoms with Gasteiger partial charge in [0.05, 0.1) is 0 Å². The van der Waals surface area contributed by atoms with Gasteiger partial charge in [0.2, 0.25) is 0 Å². The fourth-order valence-corrected chi connectivity index (χ4v) is 4.68. The van der Waals surface area contributed by atoms with Crippen molar-refractivity contribution in [2.24, 2.45) is 11.3 Å². The molecule has 2 amide bonds. The van der Waals surface area contributed by atoms with Gasteiger partial charge in [0.25, 0.3) is 0 Å². The number of carbonyl (C=O) groups is 1. The van der Waals surface area contributed by atoms with E-state index in [0.717, 1.165) is 24.2 Å². The van der Waals surface area contributed by atoms with Crippen LogP contribution in [-0.4, -0.2) is 43.7 Å². The van der Waals surface area contributed by atoms with E-state index in [1.54, 1.807) is 4.68 Å². The first-order valence-electron chi connectivity index (χ1n) is 9.44. The zero-order valence-electron chi connectivity index (χ0n) is 15.6. The number of fused-ring (bicyclic) bond motifs is 1. The number of nitrogens with one attached hydrogen (secondary N) is 1. The van der Waals surface area contributed by atoms with Gasteiger partial charge in [0.1, 0.15) is 0 Å².